The number of benzene rings is 5. The van der Waals surface area contributed by atoms with Crippen LogP contribution in [0.5, 0.6) is 17.2 Å². The number of nitrogens with zero attached hydrogens (tertiary/aromatic N) is 1. The van der Waals surface area contributed by atoms with Crippen molar-refractivity contribution in [2.75, 3.05) is 27.9 Å². The van der Waals surface area contributed by atoms with Crippen molar-refractivity contribution in [3.8, 4) is 17.2 Å². The molecule has 0 unspecified atom stereocenters. The third kappa shape index (κ3) is 10.6. The lowest BCUT2D eigenvalue weighted by molar-refractivity contribution is -0.125. The van der Waals surface area contributed by atoms with Gasteiger partial charge in [0.1, 0.15) is 23.3 Å². The molecule has 0 bridgehead atoms. The van der Waals surface area contributed by atoms with Gasteiger partial charge >= 0.3 is 0 Å². The molecule has 5 aromatic rings. The van der Waals surface area contributed by atoms with E-state index in [1.807, 2.05) is 118 Å². The first-order chi connectivity index (χ1) is 27.2. The van der Waals surface area contributed by atoms with E-state index in [-0.39, 0.29) is 23.4 Å². The minimum atomic E-state index is -2.66. The zero-order valence-electron chi connectivity index (χ0n) is 34.6. The SMILES string of the molecule is COc1ccc(P(=NC[C@@H](NC(=S)N[C@H](C(=O)NC(c2ccccc2)c2ccccc2)C(C)(C)C)C(C)(C)C)(c2ccc(OC)cc2)c2ccc(OC)cc2)cc1. The van der Waals surface area contributed by atoms with Gasteiger partial charge in [0.05, 0.1) is 47.0 Å². The molecule has 0 heterocycles. The van der Waals surface area contributed by atoms with Gasteiger partial charge in [-0.1, -0.05) is 102 Å². The van der Waals surface area contributed by atoms with Crippen LogP contribution in [-0.4, -0.2) is 51.0 Å². The molecule has 2 atom stereocenters. The van der Waals surface area contributed by atoms with Gasteiger partial charge in [0.15, 0.2) is 5.11 Å². The molecule has 0 radical (unpaired) electrons. The molecule has 0 aromatic heterocycles. The quantitative estimate of drug-likeness (QED) is 0.0768. The second kappa shape index (κ2) is 18.9. The number of hydrogen-bond acceptors (Lipinski definition) is 6. The van der Waals surface area contributed by atoms with Gasteiger partial charge in [0, 0.05) is 15.9 Å². The van der Waals surface area contributed by atoms with Gasteiger partial charge in [-0.25, -0.2) is 0 Å². The van der Waals surface area contributed by atoms with Crippen LogP contribution in [-0.2, 0) is 4.79 Å². The second-order valence-electron chi connectivity index (χ2n) is 16.2. The monoisotopic (exact) mass is 804 g/mol. The highest BCUT2D eigenvalue weighted by atomic mass is 32.1. The zero-order valence-corrected chi connectivity index (χ0v) is 36.3. The van der Waals surface area contributed by atoms with Gasteiger partial charge in [-0.15, -0.1) is 0 Å². The minimum absolute atomic E-state index is 0.148. The maximum Gasteiger partial charge on any atom is 0.243 e. The number of ether oxygens (including phenoxy) is 3. The lowest BCUT2D eigenvalue weighted by atomic mass is 9.85. The summed E-state index contributed by atoms with van der Waals surface area (Å²) in [6.07, 6.45) is 0. The lowest BCUT2D eigenvalue weighted by Crippen LogP contribution is -2.58. The van der Waals surface area contributed by atoms with Crippen molar-refractivity contribution in [1.82, 2.24) is 16.0 Å². The van der Waals surface area contributed by atoms with Gasteiger partial charge in [-0.05, 0) is 107 Å². The van der Waals surface area contributed by atoms with Crippen LogP contribution in [0.3, 0.4) is 0 Å². The van der Waals surface area contributed by atoms with Crippen molar-refractivity contribution in [2.45, 2.75) is 59.7 Å². The Bertz CT molecular complexity index is 1950. The van der Waals surface area contributed by atoms with Crippen LogP contribution < -0.4 is 46.1 Å². The Kier molecular flexibility index (Phi) is 14.3. The Hall–Kier alpha value is -5.11. The summed E-state index contributed by atoms with van der Waals surface area (Å²) in [5.74, 6) is 2.15. The summed E-state index contributed by atoms with van der Waals surface area (Å²) in [6, 6.07) is 43.5. The molecular formula is C47H57N4O4PS. The van der Waals surface area contributed by atoms with Crippen LogP contribution in [0.15, 0.2) is 138 Å². The van der Waals surface area contributed by atoms with Crippen LogP contribution in [0.4, 0.5) is 0 Å². The summed E-state index contributed by atoms with van der Waals surface area (Å²) in [5, 5.41) is 14.0. The van der Waals surface area contributed by atoms with Crippen molar-refractivity contribution in [3.05, 3.63) is 145 Å². The van der Waals surface area contributed by atoms with E-state index in [1.165, 1.54) is 0 Å². The summed E-state index contributed by atoms with van der Waals surface area (Å²) in [4.78, 5) is 14.3. The molecule has 0 saturated heterocycles. The number of methoxy groups -OCH3 is 3. The van der Waals surface area contributed by atoms with Crippen LogP contribution >= 0.6 is 19.3 Å². The molecule has 0 saturated carbocycles. The molecular weight excluding hydrogens is 748 g/mol. The number of rotatable bonds is 14. The summed E-state index contributed by atoms with van der Waals surface area (Å²) in [5.41, 5.74) is 1.23. The third-order valence-electron chi connectivity index (χ3n) is 10.1. The molecule has 0 aliphatic carbocycles. The fourth-order valence-corrected chi connectivity index (χ4v) is 10.5. The van der Waals surface area contributed by atoms with Crippen LogP contribution in [0, 0.1) is 10.8 Å². The third-order valence-corrected chi connectivity index (χ3v) is 14.1. The second-order valence-corrected chi connectivity index (χ2v) is 19.7. The standard InChI is InChI=1S/C47H57N4O4PS/c1-46(2,3)41(49-45(57)51-43(47(4,5)6)44(52)50-42(33-16-12-10-13-17-33)34-18-14-11-15-19-34)32-48-56(38-26-20-35(53-7)21-27-38,39-28-22-36(54-8)23-29-39)40-30-24-37(55-9)25-31-40/h10-31,41-43H,32H2,1-9H3,(H,50,52)(H2,49,51,57)/t41-,43-/m1/s1. The average molecular weight is 805 g/mol. The van der Waals surface area contributed by atoms with Crippen molar-refractivity contribution in [3.63, 3.8) is 0 Å². The van der Waals surface area contributed by atoms with E-state index >= 15 is 0 Å². The maximum atomic E-state index is 14.3. The number of nitrogens with one attached hydrogen (secondary N) is 3. The molecule has 3 N–H and O–H groups in total. The van der Waals surface area contributed by atoms with Gasteiger partial charge in [0.2, 0.25) is 5.91 Å². The summed E-state index contributed by atoms with van der Waals surface area (Å²) in [7, 11) is 2.35. The molecule has 300 valence electrons. The molecule has 0 fully saturated rings. The van der Waals surface area contributed by atoms with E-state index in [0.717, 1.165) is 44.3 Å². The number of carbonyl (C=O) groups is 1. The van der Waals surface area contributed by atoms with Crippen LogP contribution in [0.2, 0.25) is 0 Å². The van der Waals surface area contributed by atoms with E-state index in [4.69, 9.17) is 31.2 Å². The van der Waals surface area contributed by atoms with Crippen LogP contribution in [0.25, 0.3) is 0 Å². The summed E-state index contributed by atoms with van der Waals surface area (Å²) >= 11 is 6.06. The molecule has 10 heteroatoms. The minimum Gasteiger partial charge on any atom is -0.497 e. The van der Waals surface area contributed by atoms with E-state index in [2.05, 4.69) is 73.1 Å². The molecule has 8 nitrogen and oxygen atoms in total. The largest absolute Gasteiger partial charge is 0.497 e. The smallest absolute Gasteiger partial charge is 0.243 e. The lowest BCUT2D eigenvalue weighted by Gasteiger charge is -2.36. The normalized spacial score (nSPS) is 12.9. The fraction of sp³-hybridized carbons (Fsp3) is 0.319. The molecule has 0 aliphatic heterocycles. The molecule has 0 spiro atoms. The molecule has 5 aromatic carbocycles. The topological polar surface area (TPSA) is 93.2 Å². The predicted octanol–water partition coefficient (Wildman–Crippen LogP) is 8.39. The van der Waals surface area contributed by atoms with Crippen molar-refractivity contribution >= 4 is 46.2 Å². The molecule has 57 heavy (non-hydrogen) atoms. The predicted molar refractivity (Wildman–Crippen MR) is 240 cm³/mol. The van der Waals surface area contributed by atoms with E-state index in [9.17, 15) is 4.79 Å². The van der Waals surface area contributed by atoms with E-state index in [1.54, 1.807) is 21.3 Å². The summed E-state index contributed by atoms with van der Waals surface area (Å²) in [6.45, 7) is 13.1. The fourth-order valence-electron chi connectivity index (χ4n) is 6.71. The highest BCUT2D eigenvalue weighted by molar-refractivity contribution is 7.87. The average Bonchev–Trinajstić information content (AvgIpc) is 3.22. The number of amides is 1. The first-order valence-corrected chi connectivity index (χ1v) is 21.3. The molecule has 1 amide bonds. The maximum absolute atomic E-state index is 14.3. The Labute approximate surface area is 344 Å². The van der Waals surface area contributed by atoms with Crippen molar-refractivity contribution in [1.29, 1.82) is 0 Å². The van der Waals surface area contributed by atoms with Gasteiger partial charge in [0.25, 0.3) is 0 Å². The van der Waals surface area contributed by atoms with Gasteiger partial charge < -0.3 is 30.2 Å². The first-order valence-electron chi connectivity index (χ1n) is 19.2. The Balaban J connectivity index is 1.52. The van der Waals surface area contributed by atoms with Gasteiger partial charge in [-0.3, -0.25) is 9.54 Å². The van der Waals surface area contributed by atoms with E-state index < -0.39 is 18.5 Å². The van der Waals surface area contributed by atoms with Crippen LogP contribution in [0.1, 0.15) is 58.7 Å². The Morgan fingerprint density at radius 2 is 0.965 bits per heavy atom. The number of carbonyl (C=O) groups excluding carboxylic acids is 1. The Morgan fingerprint density at radius 3 is 1.30 bits per heavy atom. The summed E-state index contributed by atoms with van der Waals surface area (Å²) < 4.78 is 22.5. The molecule has 5 rings (SSSR count). The molecule has 0 aliphatic rings. The Morgan fingerprint density at radius 1 is 0.579 bits per heavy atom. The van der Waals surface area contributed by atoms with E-state index in [0.29, 0.717) is 11.7 Å². The van der Waals surface area contributed by atoms with Gasteiger partial charge in [-0.2, -0.15) is 0 Å². The zero-order chi connectivity index (χ0) is 41.2. The van der Waals surface area contributed by atoms with Crippen molar-refractivity contribution in [2.24, 2.45) is 15.6 Å². The number of thiocarbonyl (C=S) groups is 1. The highest BCUT2D eigenvalue weighted by Crippen LogP contribution is 2.48. The number of hydrogen-bond donors (Lipinski definition) is 3. The van der Waals surface area contributed by atoms with Crippen molar-refractivity contribution < 1.29 is 19.0 Å². The first kappa shape index (κ1) is 43.0. The highest BCUT2D eigenvalue weighted by Gasteiger charge is 2.36.